The van der Waals surface area contributed by atoms with E-state index in [9.17, 15) is 0 Å². The number of nitrogens with two attached hydrogens (primary N) is 1. The van der Waals surface area contributed by atoms with Crippen LogP contribution < -0.4 is 10.5 Å². The van der Waals surface area contributed by atoms with Gasteiger partial charge in [-0.25, -0.2) is 0 Å². The Kier molecular flexibility index (Phi) is 3.12. The van der Waals surface area contributed by atoms with Gasteiger partial charge in [0.1, 0.15) is 5.75 Å². The molecule has 1 aromatic rings. The van der Waals surface area contributed by atoms with Crippen molar-refractivity contribution in [3.63, 3.8) is 0 Å². The Labute approximate surface area is 80.8 Å². The topological polar surface area (TPSA) is 35.2 Å². The third-order valence-electron chi connectivity index (χ3n) is 1.69. The lowest BCUT2D eigenvalue weighted by Crippen LogP contribution is -2.00. The molecule has 0 aromatic heterocycles. The first kappa shape index (κ1) is 9.55. The second-order valence-electron chi connectivity index (χ2n) is 2.64. The van der Waals surface area contributed by atoms with E-state index in [-0.39, 0.29) is 0 Å². The maximum atomic E-state index is 5.56. The first-order chi connectivity index (χ1) is 5.69. The van der Waals surface area contributed by atoms with Crippen molar-refractivity contribution >= 4 is 15.9 Å². The first-order valence-electron chi connectivity index (χ1n) is 3.72. The van der Waals surface area contributed by atoms with Crippen molar-refractivity contribution in [3.8, 4) is 5.75 Å². The molecule has 1 aromatic carbocycles. The summed E-state index contributed by atoms with van der Waals surface area (Å²) < 4.78 is 6.16. The van der Waals surface area contributed by atoms with Gasteiger partial charge in [0.05, 0.1) is 11.6 Å². The van der Waals surface area contributed by atoms with Gasteiger partial charge < -0.3 is 10.5 Å². The molecule has 0 spiro atoms. The normalized spacial score (nSPS) is 10.0. The number of benzene rings is 1. The fraction of sp³-hybridized carbons (Fsp3) is 0.333. The molecule has 0 saturated carbocycles. The average Bonchev–Trinajstić information content (AvgIpc) is 2.03. The van der Waals surface area contributed by atoms with Crippen molar-refractivity contribution < 1.29 is 4.74 Å². The molecule has 0 heterocycles. The summed E-state index contributed by atoms with van der Waals surface area (Å²) in [7, 11) is 1.65. The van der Waals surface area contributed by atoms with Gasteiger partial charge in [0.2, 0.25) is 0 Å². The predicted octanol–water partition coefficient (Wildman–Crippen LogP) is 2.22. The molecular weight excluding hydrogens is 218 g/mol. The van der Waals surface area contributed by atoms with Crippen LogP contribution in [0.1, 0.15) is 11.1 Å². The van der Waals surface area contributed by atoms with Crippen LogP contribution in [0.5, 0.6) is 5.75 Å². The largest absolute Gasteiger partial charge is 0.495 e. The number of rotatable bonds is 2. The van der Waals surface area contributed by atoms with E-state index in [4.69, 9.17) is 10.5 Å². The average molecular weight is 230 g/mol. The van der Waals surface area contributed by atoms with Crippen molar-refractivity contribution in [1.82, 2.24) is 0 Å². The van der Waals surface area contributed by atoms with Gasteiger partial charge in [-0.3, -0.25) is 0 Å². The van der Waals surface area contributed by atoms with Crippen LogP contribution in [0.15, 0.2) is 16.6 Å². The molecule has 2 nitrogen and oxygen atoms in total. The molecule has 0 bridgehead atoms. The van der Waals surface area contributed by atoms with Crippen LogP contribution in [0.3, 0.4) is 0 Å². The number of aryl methyl sites for hydroxylation is 1. The highest BCUT2D eigenvalue weighted by Crippen LogP contribution is 2.29. The van der Waals surface area contributed by atoms with Crippen molar-refractivity contribution in [2.45, 2.75) is 13.5 Å². The Hall–Kier alpha value is -0.540. The first-order valence-corrected chi connectivity index (χ1v) is 4.51. The number of hydrogen-bond acceptors (Lipinski definition) is 2. The quantitative estimate of drug-likeness (QED) is 0.845. The van der Waals surface area contributed by atoms with Gasteiger partial charge in [-0.05, 0) is 34.5 Å². The van der Waals surface area contributed by atoms with Gasteiger partial charge in [0.25, 0.3) is 0 Å². The second kappa shape index (κ2) is 3.92. The van der Waals surface area contributed by atoms with Gasteiger partial charge in [-0.1, -0.05) is 6.07 Å². The van der Waals surface area contributed by atoms with Crippen molar-refractivity contribution in [2.24, 2.45) is 5.73 Å². The van der Waals surface area contributed by atoms with Gasteiger partial charge >= 0.3 is 0 Å². The molecule has 2 N–H and O–H groups in total. The number of halogens is 1. The lowest BCUT2D eigenvalue weighted by Gasteiger charge is -2.09. The van der Waals surface area contributed by atoms with Gasteiger partial charge in [0.15, 0.2) is 0 Å². The lowest BCUT2D eigenvalue weighted by atomic mass is 10.1. The summed E-state index contributed by atoms with van der Waals surface area (Å²) in [6, 6.07) is 4.04. The van der Waals surface area contributed by atoms with E-state index in [0.717, 1.165) is 15.8 Å². The molecule has 0 amide bonds. The van der Waals surface area contributed by atoms with E-state index in [1.807, 2.05) is 19.1 Å². The van der Waals surface area contributed by atoms with Crippen LogP contribution in [0.25, 0.3) is 0 Å². The van der Waals surface area contributed by atoms with E-state index in [2.05, 4.69) is 15.9 Å². The Morgan fingerprint density at radius 3 is 2.67 bits per heavy atom. The van der Waals surface area contributed by atoms with E-state index >= 15 is 0 Å². The van der Waals surface area contributed by atoms with Crippen molar-refractivity contribution in [3.05, 3.63) is 27.7 Å². The van der Waals surface area contributed by atoms with Crippen molar-refractivity contribution in [2.75, 3.05) is 7.11 Å². The second-order valence-corrected chi connectivity index (χ2v) is 3.50. The zero-order valence-electron chi connectivity index (χ0n) is 7.23. The van der Waals surface area contributed by atoms with Gasteiger partial charge in [-0.2, -0.15) is 0 Å². The standard InChI is InChI=1S/C9H12BrNO/c1-6-3-7(5-11)9(12-2)8(10)4-6/h3-4H,5,11H2,1-2H3. The fourth-order valence-corrected chi connectivity index (χ4v) is 1.96. The summed E-state index contributed by atoms with van der Waals surface area (Å²) >= 11 is 3.42. The monoisotopic (exact) mass is 229 g/mol. The van der Waals surface area contributed by atoms with Crippen LogP contribution >= 0.6 is 15.9 Å². The van der Waals surface area contributed by atoms with Gasteiger partial charge in [0, 0.05) is 12.1 Å². The van der Waals surface area contributed by atoms with Crippen molar-refractivity contribution in [1.29, 1.82) is 0 Å². The summed E-state index contributed by atoms with van der Waals surface area (Å²) in [6.07, 6.45) is 0. The molecule has 0 radical (unpaired) electrons. The minimum Gasteiger partial charge on any atom is -0.495 e. The minimum absolute atomic E-state index is 0.503. The third kappa shape index (κ3) is 1.79. The summed E-state index contributed by atoms with van der Waals surface area (Å²) in [4.78, 5) is 0. The predicted molar refractivity (Wildman–Crippen MR) is 53.3 cm³/mol. The van der Waals surface area contributed by atoms with Crippen LogP contribution in [0.4, 0.5) is 0 Å². The van der Waals surface area contributed by atoms with E-state index in [1.54, 1.807) is 7.11 Å². The van der Waals surface area contributed by atoms with Crippen LogP contribution in [-0.4, -0.2) is 7.11 Å². The van der Waals surface area contributed by atoms with Crippen LogP contribution in [0, 0.1) is 6.92 Å². The fourth-order valence-electron chi connectivity index (χ4n) is 1.18. The molecule has 12 heavy (non-hydrogen) atoms. The Bertz CT molecular complexity index is 286. The highest BCUT2D eigenvalue weighted by molar-refractivity contribution is 9.10. The Morgan fingerprint density at radius 1 is 1.50 bits per heavy atom. The molecule has 3 heteroatoms. The van der Waals surface area contributed by atoms with Crippen LogP contribution in [-0.2, 0) is 6.54 Å². The maximum absolute atomic E-state index is 5.56. The highest BCUT2D eigenvalue weighted by Gasteiger charge is 2.06. The Morgan fingerprint density at radius 2 is 2.17 bits per heavy atom. The van der Waals surface area contributed by atoms with E-state index in [1.165, 1.54) is 5.56 Å². The molecule has 66 valence electrons. The summed E-state index contributed by atoms with van der Waals surface area (Å²) in [5.74, 6) is 0.836. The minimum atomic E-state index is 0.503. The summed E-state index contributed by atoms with van der Waals surface area (Å²) in [6.45, 7) is 2.53. The molecular formula is C9H12BrNO. The summed E-state index contributed by atoms with van der Waals surface area (Å²) in [5, 5.41) is 0. The summed E-state index contributed by atoms with van der Waals surface area (Å²) in [5.41, 5.74) is 7.78. The Balaban J connectivity index is 3.24. The molecule has 0 atom stereocenters. The molecule has 1 rings (SSSR count). The number of hydrogen-bond donors (Lipinski definition) is 1. The lowest BCUT2D eigenvalue weighted by molar-refractivity contribution is 0.407. The van der Waals surface area contributed by atoms with E-state index in [0.29, 0.717) is 6.54 Å². The maximum Gasteiger partial charge on any atom is 0.137 e. The molecule has 0 unspecified atom stereocenters. The number of methoxy groups -OCH3 is 1. The zero-order chi connectivity index (χ0) is 9.14. The molecule has 0 saturated heterocycles. The third-order valence-corrected chi connectivity index (χ3v) is 2.28. The zero-order valence-corrected chi connectivity index (χ0v) is 8.81. The smallest absolute Gasteiger partial charge is 0.137 e. The van der Waals surface area contributed by atoms with Gasteiger partial charge in [-0.15, -0.1) is 0 Å². The highest BCUT2D eigenvalue weighted by atomic mass is 79.9. The van der Waals surface area contributed by atoms with E-state index < -0.39 is 0 Å². The molecule has 0 fully saturated rings. The number of ether oxygens (including phenoxy) is 1. The molecule has 0 aliphatic carbocycles. The van der Waals surface area contributed by atoms with Crippen LogP contribution in [0.2, 0.25) is 0 Å². The SMILES string of the molecule is COc1c(Br)cc(C)cc1CN. The molecule has 0 aliphatic rings. The molecule has 0 aliphatic heterocycles.